The molecule has 2 aliphatic heterocycles. The van der Waals surface area contributed by atoms with Crippen molar-refractivity contribution in [2.45, 2.75) is 77.0 Å². The Morgan fingerprint density at radius 1 is 0.933 bits per heavy atom. The fourth-order valence-electron chi connectivity index (χ4n) is 6.80. The van der Waals surface area contributed by atoms with E-state index in [9.17, 15) is 24.9 Å². The number of carboxylic acid groups (broad SMARTS) is 1. The van der Waals surface area contributed by atoms with E-state index in [0.717, 1.165) is 55.3 Å². The predicted octanol–water partition coefficient (Wildman–Crippen LogP) is 3.86. The lowest BCUT2D eigenvalue weighted by Crippen LogP contribution is -2.44. The molecular weight excluding hydrogens is 574 g/mol. The van der Waals surface area contributed by atoms with Gasteiger partial charge in [0.15, 0.2) is 11.5 Å². The molecule has 0 radical (unpaired) electrons. The summed E-state index contributed by atoms with van der Waals surface area (Å²) in [6, 6.07) is 11.1. The van der Waals surface area contributed by atoms with E-state index >= 15 is 0 Å². The van der Waals surface area contributed by atoms with Gasteiger partial charge >= 0.3 is 5.97 Å². The molecule has 2 aliphatic rings. The van der Waals surface area contributed by atoms with Gasteiger partial charge in [0, 0.05) is 37.2 Å². The van der Waals surface area contributed by atoms with Crippen LogP contribution in [0.3, 0.4) is 0 Å². The Kier molecular flexibility index (Phi) is 13.1. The smallest absolute Gasteiger partial charge is 0.308 e. The zero-order valence-electron chi connectivity index (χ0n) is 27.1. The van der Waals surface area contributed by atoms with Gasteiger partial charge in [-0.15, -0.1) is 0 Å². The van der Waals surface area contributed by atoms with Gasteiger partial charge in [-0.25, -0.2) is 0 Å². The van der Waals surface area contributed by atoms with Gasteiger partial charge in [0.2, 0.25) is 12.7 Å². The quantitative estimate of drug-likeness (QED) is 0.212. The van der Waals surface area contributed by atoms with Gasteiger partial charge in [0.05, 0.1) is 25.7 Å². The van der Waals surface area contributed by atoms with Crippen molar-refractivity contribution in [1.29, 1.82) is 0 Å². The van der Waals surface area contributed by atoms with E-state index in [1.807, 2.05) is 41.3 Å². The first-order valence-corrected chi connectivity index (χ1v) is 16.4. The van der Waals surface area contributed by atoms with Crippen LogP contribution in [-0.4, -0.2) is 102 Å². The number of amides is 1. The minimum Gasteiger partial charge on any atom is -0.481 e. The fraction of sp³-hybridized carbons (Fsp3) is 0.600. The molecule has 3 N–H and O–H groups in total. The van der Waals surface area contributed by atoms with Crippen LogP contribution >= 0.6 is 0 Å². The van der Waals surface area contributed by atoms with Crippen molar-refractivity contribution in [3.8, 4) is 11.5 Å². The van der Waals surface area contributed by atoms with Crippen molar-refractivity contribution in [2.75, 3.05) is 53.6 Å². The van der Waals surface area contributed by atoms with E-state index in [2.05, 4.69) is 30.8 Å². The zero-order chi connectivity index (χ0) is 32.3. The van der Waals surface area contributed by atoms with Crippen molar-refractivity contribution in [1.82, 2.24) is 14.7 Å². The molecule has 0 aliphatic carbocycles. The predicted molar refractivity (Wildman–Crippen MR) is 172 cm³/mol. The van der Waals surface area contributed by atoms with Crippen molar-refractivity contribution in [3.63, 3.8) is 0 Å². The maximum absolute atomic E-state index is 13.9. The number of carbonyl (C=O) groups is 2. The maximum Gasteiger partial charge on any atom is 0.308 e. The third-order valence-electron chi connectivity index (χ3n) is 9.19. The van der Waals surface area contributed by atoms with E-state index in [1.165, 1.54) is 0 Å². The van der Waals surface area contributed by atoms with Gasteiger partial charge in [-0.2, -0.15) is 0 Å². The van der Waals surface area contributed by atoms with E-state index in [1.54, 1.807) is 0 Å². The van der Waals surface area contributed by atoms with Crippen LogP contribution in [-0.2, 0) is 29.2 Å². The Labute approximate surface area is 267 Å². The van der Waals surface area contributed by atoms with E-state index < -0.39 is 17.8 Å². The number of aliphatic hydroxyl groups is 2. The summed E-state index contributed by atoms with van der Waals surface area (Å²) in [5, 5.41) is 30.5. The molecule has 0 unspecified atom stereocenters. The molecule has 45 heavy (non-hydrogen) atoms. The molecule has 10 nitrogen and oxygen atoms in total. The summed E-state index contributed by atoms with van der Waals surface area (Å²) >= 11 is 0. The highest BCUT2D eigenvalue weighted by Gasteiger charge is 2.47. The molecule has 1 fully saturated rings. The van der Waals surface area contributed by atoms with Crippen molar-refractivity contribution < 1.29 is 34.4 Å². The standard InChI is InChI=1S/C35H51N3O7/c1-4-5-16-37(17-9-8-15-36(2)3)32(41)21-38-20-29(27-18-28(23-40)34-31(19-27)44-24-45-34)33(35(42)43)30(38)14-10-13-25-11-6-7-12-26(25)22-39/h6-7,11-12,18-19,29-30,33,39-40H,4-5,8-10,13-17,20-24H2,1-3H3,(H,42,43)/t29-,30+,33-/m1/s1. The summed E-state index contributed by atoms with van der Waals surface area (Å²) in [4.78, 5) is 33.0. The van der Waals surface area contributed by atoms with Crippen LogP contribution in [0.5, 0.6) is 11.5 Å². The second-order valence-corrected chi connectivity index (χ2v) is 12.6. The molecule has 248 valence electrons. The summed E-state index contributed by atoms with van der Waals surface area (Å²) in [6.45, 7) is 4.81. The maximum atomic E-state index is 13.9. The largest absolute Gasteiger partial charge is 0.481 e. The van der Waals surface area contributed by atoms with E-state index in [0.29, 0.717) is 49.5 Å². The van der Waals surface area contributed by atoms with Gasteiger partial charge in [-0.3, -0.25) is 14.5 Å². The average Bonchev–Trinajstić information content (AvgIpc) is 3.65. The second-order valence-electron chi connectivity index (χ2n) is 12.6. The first kappa shape index (κ1) is 34.7. The Bertz CT molecular complexity index is 1270. The number of nitrogens with zero attached hydrogens (tertiary/aromatic N) is 3. The van der Waals surface area contributed by atoms with Crippen LogP contribution in [0.2, 0.25) is 0 Å². The molecule has 2 aromatic carbocycles. The molecule has 0 spiro atoms. The molecule has 2 heterocycles. The molecule has 3 atom stereocenters. The highest BCUT2D eigenvalue weighted by Crippen LogP contribution is 2.44. The van der Waals surface area contributed by atoms with Crippen molar-refractivity contribution in [2.24, 2.45) is 5.92 Å². The van der Waals surface area contributed by atoms with Gasteiger partial charge in [-0.05, 0) is 88.0 Å². The van der Waals surface area contributed by atoms with Crippen LogP contribution in [0.4, 0.5) is 0 Å². The topological polar surface area (TPSA) is 123 Å². The second kappa shape index (κ2) is 16.9. The zero-order valence-corrected chi connectivity index (χ0v) is 27.1. The van der Waals surface area contributed by atoms with Crippen LogP contribution in [0.15, 0.2) is 36.4 Å². The van der Waals surface area contributed by atoms with Crippen LogP contribution in [0, 0.1) is 5.92 Å². The highest BCUT2D eigenvalue weighted by atomic mass is 16.7. The SMILES string of the molecule is CCCCN(CCCCN(C)C)C(=O)CN1C[C@H](c2cc(CO)c3c(c2)OCO3)[C@@H](C(=O)O)[C@@H]1CCCc1ccccc1CO. The molecule has 2 aromatic rings. The van der Waals surface area contributed by atoms with Gasteiger partial charge in [0.25, 0.3) is 0 Å². The number of aliphatic carboxylic acids is 1. The number of carboxylic acids is 1. The van der Waals surface area contributed by atoms with Gasteiger partial charge < -0.3 is 34.6 Å². The first-order valence-electron chi connectivity index (χ1n) is 16.4. The summed E-state index contributed by atoms with van der Waals surface area (Å²) in [7, 11) is 4.10. The minimum absolute atomic E-state index is 0.0375. The number of hydrogen-bond acceptors (Lipinski definition) is 8. The normalized spacial score (nSPS) is 19.4. The molecule has 0 saturated carbocycles. The van der Waals surface area contributed by atoms with Crippen LogP contribution < -0.4 is 9.47 Å². The number of fused-ring (bicyclic) bond motifs is 1. The van der Waals surface area contributed by atoms with E-state index in [-0.39, 0.29) is 38.5 Å². The van der Waals surface area contributed by atoms with Gasteiger partial charge in [0.1, 0.15) is 0 Å². The Morgan fingerprint density at radius 2 is 1.64 bits per heavy atom. The Hall–Kier alpha value is -3.18. The number of aryl methyl sites for hydroxylation is 1. The van der Waals surface area contributed by atoms with Gasteiger partial charge in [-0.1, -0.05) is 37.6 Å². The first-order chi connectivity index (χ1) is 21.8. The number of aliphatic hydroxyl groups excluding tert-OH is 2. The molecule has 4 rings (SSSR count). The minimum atomic E-state index is -0.898. The van der Waals surface area contributed by atoms with Crippen molar-refractivity contribution in [3.05, 3.63) is 58.7 Å². The molecule has 10 heteroatoms. The monoisotopic (exact) mass is 625 g/mol. The summed E-state index contributed by atoms with van der Waals surface area (Å²) < 4.78 is 11.2. The summed E-state index contributed by atoms with van der Waals surface area (Å²) in [5.41, 5.74) is 3.27. The third-order valence-corrected chi connectivity index (χ3v) is 9.19. The lowest BCUT2D eigenvalue weighted by atomic mass is 9.82. The molecular formula is C35H51N3O7. The number of benzene rings is 2. The van der Waals surface area contributed by atoms with Crippen molar-refractivity contribution >= 4 is 11.9 Å². The number of ether oxygens (including phenoxy) is 2. The lowest BCUT2D eigenvalue weighted by Gasteiger charge is -2.30. The summed E-state index contributed by atoms with van der Waals surface area (Å²) in [5.74, 6) is -0.995. The average molecular weight is 626 g/mol. The molecule has 1 amide bonds. The molecule has 0 aromatic heterocycles. The highest BCUT2D eigenvalue weighted by molar-refractivity contribution is 5.79. The van der Waals surface area contributed by atoms with E-state index in [4.69, 9.17) is 9.47 Å². The third kappa shape index (κ3) is 8.97. The van der Waals surface area contributed by atoms with Crippen LogP contribution in [0.25, 0.3) is 0 Å². The lowest BCUT2D eigenvalue weighted by molar-refractivity contribution is -0.143. The molecule has 1 saturated heterocycles. The number of unbranched alkanes of at least 4 members (excludes halogenated alkanes) is 2. The number of likely N-dealkylation sites (tertiary alicyclic amines) is 1. The Balaban J connectivity index is 1.58. The van der Waals surface area contributed by atoms with Crippen LogP contribution in [0.1, 0.15) is 73.6 Å². The number of hydrogen-bond donors (Lipinski definition) is 3. The Morgan fingerprint density at radius 3 is 2.33 bits per heavy atom. The number of rotatable bonds is 18. The number of carbonyl (C=O) groups excluding carboxylic acids is 1. The summed E-state index contributed by atoms with van der Waals surface area (Å²) in [6.07, 6.45) is 5.86. The molecule has 0 bridgehead atoms. The fourth-order valence-corrected chi connectivity index (χ4v) is 6.80.